The van der Waals surface area contributed by atoms with E-state index in [0.717, 1.165) is 5.56 Å². The third kappa shape index (κ3) is 4.26. The van der Waals surface area contributed by atoms with E-state index in [9.17, 15) is 4.79 Å². The summed E-state index contributed by atoms with van der Waals surface area (Å²) in [4.78, 5) is 11.9. The first-order valence-electron chi connectivity index (χ1n) is 7.03. The van der Waals surface area contributed by atoms with Crippen LogP contribution in [-0.4, -0.2) is 20.2 Å². The lowest BCUT2D eigenvalue weighted by Crippen LogP contribution is -2.08. The number of esters is 1. The molecule has 2 aromatic carbocycles. The van der Waals surface area contributed by atoms with Crippen molar-refractivity contribution >= 4 is 17.2 Å². The highest BCUT2D eigenvalue weighted by atomic mass is 16.5. The van der Waals surface area contributed by atoms with E-state index in [1.54, 1.807) is 12.1 Å². The highest BCUT2D eigenvalue weighted by molar-refractivity contribution is 6.16. The van der Waals surface area contributed by atoms with Gasteiger partial charge in [0, 0.05) is 11.8 Å². The van der Waals surface area contributed by atoms with Crippen molar-refractivity contribution in [3.05, 3.63) is 65.9 Å². The van der Waals surface area contributed by atoms with E-state index in [-0.39, 0.29) is 6.61 Å². The van der Waals surface area contributed by atoms with Gasteiger partial charge in [0.15, 0.2) is 0 Å². The predicted octanol–water partition coefficient (Wildman–Crippen LogP) is 3.01. The number of rotatable bonds is 6. The molecule has 0 radical (unpaired) electrons. The van der Waals surface area contributed by atoms with Crippen LogP contribution in [0.4, 0.5) is 5.69 Å². The number of hydrogen-bond acceptors (Lipinski definition) is 5. The van der Waals surface area contributed by atoms with Crippen LogP contribution in [0.25, 0.3) is 5.57 Å². The standard InChI is InChI=1S/C18H19NO4/c1-21-12-17(18(20)22-2)16-9-4-3-6-13(16)11-23-15-8-5-7-14(19)10-15/h3-10,12H,11,19H2,1-2H3/b17-12+. The minimum atomic E-state index is -0.469. The molecular weight excluding hydrogens is 294 g/mol. The highest BCUT2D eigenvalue weighted by Crippen LogP contribution is 2.23. The molecule has 23 heavy (non-hydrogen) atoms. The number of nitrogen functional groups attached to an aromatic ring is 1. The Balaban J connectivity index is 2.26. The maximum Gasteiger partial charge on any atom is 0.341 e. The molecule has 0 saturated carbocycles. The summed E-state index contributed by atoms with van der Waals surface area (Å²) in [5.41, 5.74) is 8.24. The number of hydrogen-bond donors (Lipinski definition) is 1. The molecule has 0 heterocycles. The molecule has 0 unspecified atom stereocenters. The van der Waals surface area contributed by atoms with Gasteiger partial charge >= 0.3 is 5.97 Å². The average molecular weight is 313 g/mol. The van der Waals surface area contributed by atoms with Crippen LogP contribution in [0.2, 0.25) is 0 Å². The van der Waals surface area contributed by atoms with Crippen LogP contribution in [0.5, 0.6) is 5.75 Å². The molecule has 5 heteroatoms. The van der Waals surface area contributed by atoms with Crippen LogP contribution < -0.4 is 10.5 Å². The second-order valence-corrected chi connectivity index (χ2v) is 4.78. The van der Waals surface area contributed by atoms with Crippen LogP contribution in [0.1, 0.15) is 11.1 Å². The fourth-order valence-corrected chi connectivity index (χ4v) is 2.12. The van der Waals surface area contributed by atoms with Crippen molar-refractivity contribution in [2.45, 2.75) is 6.61 Å². The Morgan fingerprint density at radius 1 is 1.13 bits per heavy atom. The van der Waals surface area contributed by atoms with Crippen LogP contribution in [0.3, 0.4) is 0 Å². The van der Waals surface area contributed by atoms with E-state index in [0.29, 0.717) is 22.6 Å². The first kappa shape index (κ1) is 16.4. The van der Waals surface area contributed by atoms with Gasteiger partial charge in [-0.25, -0.2) is 4.79 Å². The fourth-order valence-electron chi connectivity index (χ4n) is 2.12. The minimum absolute atomic E-state index is 0.289. The van der Waals surface area contributed by atoms with E-state index in [1.165, 1.54) is 20.5 Å². The largest absolute Gasteiger partial charge is 0.503 e. The Morgan fingerprint density at radius 2 is 1.91 bits per heavy atom. The van der Waals surface area contributed by atoms with E-state index >= 15 is 0 Å². The van der Waals surface area contributed by atoms with Gasteiger partial charge < -0.3 is 19.9 Å². The summed E-state index contributed by atoms with van der Waals surface area (Å²) < 4.78 is 15.6. The predicted molar refractivity (Wildman–Crippen MR) is 88.6 cm³/mol. The fraction of sp³-hybridized carbons (Fsp3) is 0.167. The van der Waals surface area contributed by atoms with E-state index in [1.807, 2.05) is 36.4 Å². The second kappa shape index (κ2) is 7.89. The topological polar surface area (TPSA) is 70.8 Å². The lowest BCUT2D eigenvalue weighted by Gasteiger charge is -2.13. The van der Waals surface area contributed by atoms with E-state index in [4.69, 9.17) is 19.9 Å². The molecule has 0 atom stereocenters. The molecule has 2 rings (SSSR count). The van der Waals surface area contributed by atoms with Gasteiger partial charge in [-0.05, 0) is 23.3 Å². The molecule has 0 aliphatic carbocycles. The zero-order valence-corrected chi connectivity index (χ0v) is 13.1. The van der Waals surface area contributed by atoms with Gasteiger partial charge in [0.25, 0.3) is 0 Å². The quantitative estimate of drug-likeness (QED) is 0.384. The second-order valence-electron chi connectivity index (χ2n) is 4.78. The van der Waals surface area contributed by atoms with Gasteiger partial charge in [0.2, 0.25) is 0 Å². The molecule has 0 bridgehead atoms. The third-order valence-electron chi connectivity index (χ3n) is 3.20. The third-order valence-corrected chi connectivity index (χ3v) is 3.20. The molecule has 0 aliphatic rings. The Kier molecular flexibility index (Phi) is 5.63. The number of ether oxygens (including phenoxy) is 3. The van der Waals surface area contributed by atoms with Crippen LogP contribution >= 0.6 is 0 Å². The van der Waals surface area contributed by atoms with Gasteiger partial charge in [-0.2, -0.15) is 0 Å². The Labute approximate surface area is 135 Å². The maximum atomic E-state index is 11.9. The molecule has 0 fully saturated rings. The van der Waals surface area contributed by atoms with Crippen LogP contribution in [0.15, 0.2) is 54.8 Å². The molecular formula is C18H19NO4. The van der Waals surface area contributed by atoms with Crippen LogP contribution in [-0.2, 0) is 20.9 Å². The lowest BCUT2D eigenvalue weighted by molar-refractivity contribution is -0.133. The summed E-state index contributed by atoms with van der Waals surface area (Å²) >= 11 is 0. The molecule has 2 aromatic rings. The van der Waals surface area contributed by atoms with Crippen molar-refractivity contribution in [1.82, 2.24) is 0 Å². The summed E-state index contributed by atoms with van der Waals surface area (Å²) in [5.74, 6) is 0.193. The van der Waals surface area contributed by atoms with Crippen molar-refractivity contribution in [3.8, 4) is 5.75 Å². The smallest absolute Gasteiger partial charge is 0.341 e. The molecule has 5 nitrogen and oxygen atoms in total. The number of anilines is 1. The minimum Gasteiger partial charge on any atom is -0.503 e. The van der Waals surface area contributed by atoms with Crippen molar-refractivity contribution in [3.63, 3.8) is 0 Å². The van der Waals surface area contributed by atoms with Crippen LogP contribution in [0, 0.1) is 0 Å². The molecule has 0 aliphatic heterocycles. The van der Waals surface area contributed by atoms with Crippen molar-refractivity contribution in [1.29, 1.82) is 0 Å². The SMILES string of the molecule is CO/C=C(/C(=O)OC)c1ccccc1COc1cccc(N)c1. The molecule has 0 spiro atoms. The number of carbonyl (C=O) groups excluding carboxylic acids is 1. The average Bonchev–Trinajstić information content (AvgIpc) is 2.58. The Hall–Kier alpha value is -2.95. The molecule has 0 saturated heterocycles. The number of carbonyl (C=O) groups is 1. The summed E-state index contributed by atoms with van der Waals surface area (Å²) in [5, 5.41) is 0. The summed E-state index contributed by atoms with van der Waals surface area (Å²) in [6.07, 6.45) is 1.37. The first-order valence-corrected chi connectivity index (χ1v) is 7.03. The van der Waals surface area contributed by atoms with E-state index in [2.05, 4.69) is 0 Å². The lowest BCUT2D eigenvalue weighted by atomic mass is 10.0. The van der Waals surface area contributed by atoms with Gasteiger partial charge in [-0.15, -0.1) is 0 Å². The number of methoxy groups -OCH3 is 2. The van der Waals surface area contributed by atoms with Crippen molar-refractivity contribution < 1.29 is 19.0 Å². The number of benzene rings is 2. The summed E-state index contributed by atoms with van der Waals surface area (Å²) in [7, 11) is 2.81. The molecule has 0 amide bonds. The zero-order chi connectivity index (χ0) is 16.7. The van der Waals surface area contributed by atoms with E-state index < -0.39 is 5.97 Å². The molecule has 120 valence electrons. The normalized spacial score (nSPS) is 11.0. The first-order chi connectivity index (χ1) is 11.2. The van der Waals surface area contributed by atoms with Crippen molar-refractivity contribution in [2.75, 3.05) is 20.0 Å². The monoisotopic (exact) mass is 313 g/mol. The highest BCUT2D eigenvalue weighted by Gasteiger charge is 2.16. The maximum absolute atomic E-state index is 11.9. The van der Waals surface area contributed by atoms with Gasteiger partial charge in [0.1, 0.15) is 17.9 Å². The zero-order valence-electron chi connectivity index (χ0n) is 13.1. The van der Waals surface area contributed by atoms with Gasteiger partial charge in [-0.1, -0.05) is 30.3 Å². The molecule has 2 N–H and O–H groups in total. The van der Waals surface area contributed by atoms with Gasteiger partial charge in [-0.3, -0.25) is 0 Å². The molecule has 0 aromatic heterocycles. The van der Waals surface area contributed by atoms with Crippen molar-refractivity contribution in [2.24, 2.45) is 0 Å². The Bertz CT molecular complexity index is 710. The summed E-state index contributed by atoms with van der Waals surface area (Å²) in [6.45, 7) is 0.289. The number of nitrogens with two attached hydrogens (primary N) is 1. The Morgan fingerprint density at radius 3 is 2.61 bits per heavy atom. The summed E-state index contributed by atoms with van der Waals surface area (Å²) in [6, 6.07) is 14.6. The van der Waals surface area contributed by atoms with Gasteiger partial charge in [0.05, 0.1) is 20.5 Å².